The normalized spacial score (nSPS) is 20.4. The summed E-state index contributed by atoms with van der Waals surface area (Å²) >= 11 is 1.87. The van der Waals surface area contributed by atoms with Gasteiger partial charge in [0.1, 0.15) is 0 Å². The van der Waals surface area contributed by atoms with Crippen LogP contribution in [0, 0.1) is 5.92 Å². The Morgan fingerprint density at radius 3 is 2.78 bits per heavy atom. The molecule has 1 rings (SSSR count). The average molecular weight is 274 g/mol. The molecule has 0 aromatic carbocycles. The Kier molecular flexibility index (Phi) is 6.32. The molecule has 2 N–H and O–H groups in total. The third-order valence-corrected chi connectivity index (χ3v) is 4.50. The number of nitrogens with zero attached hydrogens (tertiary/aromatic N) is 1. The van der Waals surface area contributed by atoms with Crippen molar-refractivity contribution < 1.29 is 14.7 Å². The van der Waals surface area contributed by atoms with Crippen molar-refractivity contribution in [1.29, 1.82) is 0 Å². The smallest absolute Gasteiger partial charge is 0.317 e. The predicted molar refractivity (Wildman–Crippen MR) is 72.9 cm³/mol. The van der Waals surface area contributed by atoms with E-state index >= 15 is 0 Å². The zero-order valence-corrected chi connectivity index (χ0v) is 11.8. The highest BCUT2D eigenvalue weighted by Crippen LogP contribution is 2.21. The predicted octanol–water partition coefficient (Wildman–Crippen LogP) is 1.63. The Labute approximate surface area is 112 Å². The molecular formula is C12H22N2O3S. The fourth-order valence-electron chi connectivity index (χ4n) is 1.96. The van der Waals surface area contributed by atoms with Crippen molar-refractivity contribution >= 4 is 23.8 Å². The summed E-state index contributed by atoms with van der Waals surface area (Å²) < 4.78 is 0. The average Bonchev–Trinajstić information content (AvgIpc) is 2.86. The molecule has 0 saturated carbocycles. The van der Waals surface area contributed by atoms with Gasteiger partial charge in [-0.3, -0.25) is 4.79 Å². The molecule has 0 aliphatic carbocycles. The standard InChI is InChI=1S/C12H22N2O3S/c1-3-9(6-11(15)16)7-13-12(17)14(2)10-4-5-18-8-10/h9-10H,3-8H2,1-2H3,(H,13,17)(H,15,16). The second-order valence-corrected chi connectivity index (χ2v) is 5.84. The maximum absolute atomic E-state index is 11.9. The number of carbonyl (C=O) groups excluding carboxylic acids is 1. The number of carboxylic acids is 1. The fraction of sp³-hybridized carbons (Fsp3) is 0.833. The van der Waals surface area contributed by atoms with Crippen molar-refractivity contribution in [2.75, 3.05) is 25.1 Å². The van der Waals surface area contributed by atoms with Gasteiger partial charge in [-0.15, -0.1) is 0 Å². The number of nitrogens with one attached hydrogen (secondary N) is 1. The number of rotatable bonds is 6. The molecule has 1 aliphatic rings. The van der Waals surface area contributed by atoms with E-state index in [1.807, 2.05) is 25.7 Å². The van der Waals surface area contributed by atoms with Crippen LogP contribution in [0.25, 0.3) is 0 Å². The first-order valence-electron chi connectivity index (χ1n) is 6.34. The van der Waals surface area contributed by atoms with Crippen molar-refractivity contribution in [2.45, 2.75) is 32.2 Å². The van der Waals surface area contributed by atoms with Gasteiger partial charge in [0.05, 0.1) is 0 Å². The quantitative estimate of drug-likeness (QED) is 0.772. The lowest BCUT2D eigenvalue weighted by Crippen LogP contribution is -2.45. The maximum atomic E-state index is 11.9. The van der Waals surface area contributed by atoms with Crippen LogP contribution < -0.4 is 5.32 Å². The summed E-state index contributed by atoms with van der Waals surface area (Å²) in [6, 6.07) is 0.223. The van der Waals surface area contributed by atoms with E-state index in [9.17, 15) is 9.59 Å². The van der Waals surface area contributed by atoms with E-state index in [1.54, 1.807) is 4.90 Å². The summed E-state index contributed by atoms with van der Waals surface area (Å²) in [4.78, 5) is 24.3. The molecule has 6 heteroatoms. The van der Waals surface area contributed by atoms with Crippen LogP contribution >= 0.6 is 11.8 Å². The Hall–Kier alpha value is -0.910. The second kappa shape index (κ2) is 7.51. The molecule has 1 saturated heterocycles. The first-order valence-corrected chi connectivity index (χ1v) is 7.50. The van der Waals surface area contributed by atoms with Gasteiger partial charge in [-0.05, 0) is 18.1 Å². The molecule has 1 fully saturated rings. The van der Waals surface area contributed by atoms with Crippen molar-refractivity contribution in [3.8, 4) is 0 Å². The van der Waals surface area contributed by atoms with E-state index in [0.717, 1.165) is 24.3 Å². The molecule has 0 radical (unpaired) electrons. The Morgan fingerprint density at radius 1 is 1.56 bits per heavy atom. The van der Waals surface area contributed by atoms with Crippen LogP contribution in [0.5, 0.6) is 0 Å². The van der Waals surface area contributed by atoms with Crippen LogP contribution in [0.1, 0.15) is 26.2 Å². The number of thioether (sulfide) groups is 1. The van der Waals surface area contributed by atoms with Crippen LogP contribution in [0.4, 0.5) is 4.79 Å². The molecule has 5 nitrogen and oxygen atoms in total. The van der Waals surface area contributed by atoms with E-state index in [2.05, 4.69) is 5.32 Å². The van der Waals surface area contributed by atoms with Gasteiger partial charge in [0.2, 0.25) is 0 Å². The summed E-state index contributed by atoms with van der Waals surface area (Å²) in [6.45, 7) is 2.38. The third-order valence-electron chi connectivity index (χ3n) is 3.36. The first-order chi connectivity index (χ1) is 8.54. The number of urea groups is 1. The van der Waals surface area contributed by atoms with Crippen molar-refractivity contribution in [3.63, 3.8) is 0 Å². The topological polar surface area (TPSA) is 69.6 Å². The third kappa shape index (κ3) is 4.76. The zero-order chi connectivity index (χ0) is 13.5. The molecule has 0 aromatic heterocycles. The maximum Gasteiger partial charge on any atom is 0.317 e. The van der Waals surface area contributed by atoms with Crippen LogP contribution in [0.3, 0.4) is 0 Å². The Morgan fingerprint density at radius 2 is 2.28 bits per heavy atom. The number of amides is 2. The number of hydrogen-bond acceptors (Lipinski definition) is 3. The minimum Gasteiger partial charge on any atom is -0.481 e. The summed E-state index contributed by atoms with van der Waals surface area (Å²) in [5.74, 6) is 1.31. The van der Waals surface area contributed by atoms with Crippen LogP contribution in [0.2, 0.25) is 0 Å². The van der Waals surface area contributed by atoms with Gasteiger partial charge in [-0.25, -0.2) is 4.79 Å². The van der Waals surface area contributed by atoms with Gasteiger partial charge in [-0.1, -0.05) is 13.3 Å². The molecule has 1 aliphatic heterocycles. The monoisotopic (exact) mass is 274 g/mol. The lowest BCUT2D eigenvalue weighted by atomic mass is 10.0. The molecule has 2 atom stereocenters. The van der Waals surface area contributed by atoms with Crippen molar-refractivity contribution in [3.05, 3.63) is 0 Å². The number of aliphatic carboxylic acids is 1. The summed E-state index contributed by atoms with van der Waals surface area (Å²) in [7, 11) is 1.81. The van der Waals surface area contributed by atoms with Gasteiger partial charge in [-0.2, -0.15) is 11.8 Å². The molecule has 1 heterocycles. The van der Waals surface area contributed by atoms with E-state index in [-0.39, 0.29) is 18.4 Å². The van der Waals surface area contributed by atoms with Crippen molar-refractivity contribution in [1.82, 2.24) is 10.2 Å². The molecular weight excluding hydrogens is 252 g/mol. The second-order valence-electron chi connectivity index (χ2n) is 4.69. The molecule has 0 aromatic rings. The fourth-order valence-corrected chi connectivity index (χ4v) is 3.23. The SMILES string of the molecule is CCC(CNC(=O)N(C)C1CCSC1)CC(=O)O. The first kappa shape index (κ1) is 15.1. The molecule has 0 bridgehead atoms. The van der Waals surface area contributed by atoms with Gasteiger partial charge < -0.3 is 15.3 Å². The lowest BCUT2D eigenvalue weighted by Gasteiger charge is -2.25. The van der Waals surface area contributed by atoms with E-state index in [4.69, 9.17) is 5.11 Å². The highest BCUT2D eigenvalue weighted by molar-refractivity contribution is 7.99. The molecule has 104 valence electrons. The zero-order valence-electron chi connectivity index (χ0n) is 11.0. The molecule has 18 heavy (non-hydrogen) atoms. The van der Waals surface area contributed by atoms with E-state index < -0.39 is 5.97 Å². The largest absolute Gasteiger partial charge is 0.481 e. The minimum atomic E-state index is -0.809. The van der Waals surface area contributed by atoms with Crippen molar-refractivity contribution in [2.24, 2.45) is 5.92 Å². The van der Waals surface area contributed by atoms with Gasteiger partial charge in [0.15, 0.2) is 0 Å². The van der Waals surface area contributed by atoms with Gasteiger partial charge in [0, 0.05) is 31.8 Å². The van der Waals surface area contributed by atoms with Gasteiger partial charge >= 0.3 is 12.0 Å². The number of carboxylic acid groups (broad SMARTS) is 1. The number of hydrogen-bond donors (Lipinski definition) is 2. The summed E-state index contributed by atoms with van der Waals surface area (Å²) in [5, 5.41) is 11.6. The lowest BCUT2D eigenvalue weighted by molar-refractivity contribution is -0.138. The summed E-state index contributed by atoms with van der Waals surface area (Å²) in [5.41, 5.74) is 0. The molecule has 2 amide bonds. The highest BCUT2D eigenvalue weighted by atomic mass is 32.2. The minimum absolute atomic E-state index is 0.0119. The Bertz CT molecular complexity index is 293. The van der Waals surface area contributed by atoms with E-state index in [0.29, 0.717) is 12.6 Å². The van der Waals surface area contributed by atoms with Crippen LogP contribution in [-0.2, 0) is 4.79 Å². The van der Waals surface area contributed by atoms with Crippen LogP contribution in [0.15, 0.2) is 0 Å². The Balaban J connectivity index is 2.32. The number of carbonyl (C=O) groups is 2. The van der Waals surface area contributed by atoms with Crippen LogP contribution in [-0.4, -0.2) is 53.1 Å². The van der Waals surface area contributed by atoms with Gasteiger partial charge in [0.25, 0.3) is 0 Å². The highest BCUT2D eigenvalue weighted by Gasteiger charge is 2.24. The van der Waals surface area contributed by atoms with E-state index in [1.165, 1.54) is 0 Å². The summed E-state index contributed by atoms with van der Waals surface area (Å²) in [6.07, 6.45) is 1.91. The molecule has 0 spiro atoms. The molecule has 2 unspecified atom stereocenters.